The number of rotatable bonds is 9. The quantitative estimate of drug-likeness (QED) is 0.296. The van der Waals surface area contributed by atoms with Crippen LogP contribution in [0.3, 0.4) is 0 Å². The van der Waals surface area contributed by atoms with E-state index in [-0.39, 0.29) is 35.4 Å². The molecule has 0 radical (unpaired) electrons. The molecule has 9 heteroatoms. The molecule has 0 amide bonds. The van der Waals surface area contributed by atoms with Crippen LogP contribution < -0.4 is 0 Å². The summed E-state index contributed by atoms with van der Waals surface area (Å²) in [5.41, 5.74) is 2.19. The van der Waals surface area contributed by atoms with Crippen LogP contribution in [0.2, 0.25) is 34.8 Å². The van der Waals surface area contributed by atoms with Crippen LogP contribution in [-0.4, -0.2) is 70.3 Å². The summed E-state index contributed by atoms with van der Waals surface area (Å²) in [7, 11) is -4.42. The summed E-state index contributed by atoms with van der Waals surface area (Å²) >= 11 is 0. The average molecular weight is 606 g/mol. The highest BCUT2D eigenvalue weighted by Gasteiger charge is 2.71. The maximum absolute atomic E-state index is 11.7. The molecule has 0 bridgehead atoms. The zero-order valence-electron chi connectivity index (χ0n) is 26.8. The van der Waals surface area contributed by atoms with Gasteiger partial charge < -0.3 is 18.7 Å². The summed E-state index contributed by atoms with van der Waals surface area (Å²) in [5.74, 6) is 0.366. The molecule has 1 aliphatic carbocycles. The molecule has 232 valence electrons. The van der Waals surface area contributed by atoms with Gasteiger partial charge in [0.25, 0.3) is 0 Å². The van der Waals surface area contributed by atoms with Crippen LogP contribution >= 0.6 is 0 Å². The first kappa shape index (κ1) is 31.8. The third kappa shape index (κ3) is 5.92. The maximum Gasteiger partial charge on any atom is 0.205 e. The van der Waals surface area contributed by atoms with Crippen molar-refractivity contribution in [2.24, 2.45) is 0 Å². The predicted molar refractivity (Wildman–Crippen MR) is 166 cm³/mol. The van der Waals surface area contributed by atoms with Crippen molar-refractivity contribution >= 4 is 16.6 Å². The summed E-state index contributed by atoms with van der Waals surface area (Å²) in [6, 6.07) is 10.7. The summed E-state index contributed by atoms with van der Waals surface area (Å²) < 4.78 is 20.5. The molecular formula is C32H55NO6Si2. The van der Waals surface area contributed by atoms with Crippen LogP contribution in [0.15, 0.2) is 30.3 Å². The number of aliphatic hydroxyl groups excluding tert-OH is 1. The Morgan fingerprint density at radius 1 is 1.02 bits per heavy atom. The first-order valence-corrected chi connectivity index (χ1v) is 21.1. The van der Waals surface area contributed by atoms with Crippen molar-refractivity contribution in [3.05, 3.63) is 35.9 Å². The van der Waals surface area contributed by atoms with Gasteiger partial charge in [-0.2, -0.15) is 0 Å². The lowest BCUT2D eigenvalue weighted by molar-refractivity contribution is -0.450. The van der Waals surface area contributed by atoms with Crippen molar-refractivity contribution in [3.8, 4) is 0 Å². The fraction of sp³-hybridized carbons (Fsp3) is 0.812. The molecule has 41 heavy (non-hydrogen) atoms. The molecule has 3 aliphatic heterocycles. The molecule has 8 atom stereocenters. The van der Waals surface area contributed by atoms with E-state index in [9.17, 15) is 5.11 Å². The second kappa shape index (κ2) is 12.0. The van der Waals surface area contributed by atoms with Crippen molar-refractivity contribution in [1.29, 1.82) is 0 Å². The van der Waals surface area contributed by atoms with Crippen LogP contribution in [0.25, 0.3) is 0 Å². The van der Waals surface area contributed by atoms with Gasteiger partial charge in [0.15, 0.2) is 14.6 Å². The summed E-state index contributed by atoms with van der Waals surface area (Å²) in [4.78, 5) is 13.1. The molecule has 0 spiro atoms. The molecule has 0 unspecified atom stereocenters. The van der Waals surface area contributed by atoms with Crippen molar-refractivity contribution in [2.45, 2.75) is 158 Å². The number of hydrogen-bond donors (Lipinski definition) is 1. The van der Waals surface area contributed by atoms with Crippen LogP contribution in [0, 0.1) is 0 Å². The van der Waals surface area contributed by atoms with E-state index < -0.39 is 35.1 Å². The topological polar surface area (TPSA) is 69.6 Å². The highest BCUT2D eigenvalue weighted by molar-refractivity contribution is 6.79. The molecule has 1 N–H and O–H groups in total. The minimum Gasteiger partial charge on any atom is -0.414 e. The Kier molecular flexibility index (Phi) is 9.34. The Morgan fingerprint density at radius 3 is 2.32 bits per heavy atom. The van der Waals surface area contributed by atoms with E-state index in [1.165, 1.54) is 18.4 Å². The molecular weight excluding hydrogens is 551 g/mol. The third-order valence-corrected chi connectivity index (χ3v) is 21.5. The van der Waals surface area contributed by atoms with Gasteiger partial charge in [-0.15, -0.1) is 0 Å². The Bertz CT molecular complexity index is 1010. The van der Waals surface area contributed by atoms with Crippen molar-refractivity contribution < 1.29 is 28.4 Å². The zero-order valence-corrected chi connectivity index (χ0v) is 28.8. The number of hydrogen-bond acceptors (Lipinski definition) is 7. The first-order chi connectivity index (χ1) is 19.3. The highest BCUT2D eigenvalue weighted by Crippen LogP contribution is 2.60. The molecule has 1 aromatic carbocycles. The molecule has 5 rings (SSSR count). The smallest absolute Gasteiger partial charge is 0.205 e. The van der Waals surface area contributed by atoms with E-state index in [1.54, 1.807) is 5.23 Å². The second-order valence-electron chi connectivity index (χ2n) is 15.1. The van der Waals surface area contributed by atoms with Crippen LogP contribution in [0.5, 0.6) is 0 Å². The largest absolute Gasteiger partial charge is 0.414 e. The van der Waals surface area contributed by atoms with Gasteiger partial charge in [-0.3, -0.25) is 4.84 Å². The number of benzene rings is 1. The van der Waals surface area contributed by atoms with E-state index in [0.717, 1.165) is 12.8 Å². The lowest BCUT2D eigenvalue weighted by atomic mass is 9.81. The van der Waals surface area contributed by atoms with E-state index in [4.69, 9.17) is 23.3 Å². The number of aliphatic hydroxyl groups is 1. The van der Waals surface area contributed by atoms with Crippen LogP contribution in [0.4, 0.5) is 0 Å². The molecule has 3 heterocycles. The van der Waals surface area contributed by atoms with Crippen molar-refractivity contribution in [2.75, 3.05) is 6.61 Å². The Hall–Kier alpha value is -0.626. The minimum atomic E-state index is -2.39. The number of nitrogens with zero attached hydrogens (tertiary/aromatic N) is 1. The minimum absolute atomic E-state index is 0.0323. The molecule has 1 saturated carbocycles. The summed E-state index contributed by atoms with van der Waals surface area (Å²) in [6.07, 6.45) is 3.70. The maximum atomic E-state index is 11.7. The lowest BCUT2D eigenvalue weighted by Crippen LogP contribution is -2.53. The first-order valence-electron chi connectivity index (χ1n) is 16.1. The van der Waals surface area contributed by atoms with E-state index in [2.05, 4.69) is 91.9 Å². The van der Waals surface area contributed by atoms with Gasteiger partial charge in [0, 0.05) is 17.9 Å². The van der Waals surface area contributed by atoms with Gasteiger partial charge in [0.2, 0.25) is 8.32 Å². The summed E-state index contributed by atoms with van der Waals surface area (Å²) in [5, 5.41) is 13.4. The highest BCUT2D eigenvalue weighted by atomic mass is 28.4. The van der Waals surface area contributed by atoms with Gasteiger partial charge in [-0.1, -0.05) is 96.9 Å². The summed E-state index contributed by atoms with van der Waals surface area (Å²) in [6.45, 7) is 20.6. The van der Waals surface area contributed by atoms with E-state index in [0.29, 0.717) is 23.4 Å². The van der Waals surface area contributed by atoms with E-state index in [1.807, 2.05) is 0 Å². The molecule has 0 aromatic heterocycles. The second-order valence-corrected chi connectivity index (χ2v) is 24.8. The molecule has 1 aromatic rings. The zero-order chi connectivity index (χ0) is 29.7. The fourth-order valence-electron chi connectivity index (χ4n) is 7.75. The fourth-order valence-corrected chi connectivity index (χ4v) is 14.8. The molecule has 3 saturated heterocycles. The standard InChI is InChI=1S/C32H55NO6Si2/c1-21(2)41(22(3)4)31-29-27(39-41)19-28(36-26-18-14-13-17-24(26)23-15-11-10-12-16-23)37-33(29)38-30(31)25(34)20-35-40(8,9)32(5,6)7/h10-12,15-16,21-22,24-31,34H,13-14,17-20H2,1-9H3/t24-,25-,26+,27+,28-,29-,30-,31+/m1/s1. The van der Waals surface area contributed by atoms with Gasteiger partial charge >= 0.3 is 0 Å². The molecule has 7 nitrogen and oxygen atoms in total. The number of ether oxygens (including phenoxy) is 1. The average Bonchev–Trinajstić information content (AvgIpc) is 3.47. The Balaban J connectivity index is 1.37. The van der Waals surface area contributed by atoms with Gasteiger partial charge in [-0.25, -0.2) is 4.84 Å². The van der Waals surface area contributed by atoms with Crippen LogP contribution in [0.1, 0.15) is 92.1 Å². The predicted octanol–water partition coefficient (Wildman–Crippen LogP) is 7.29. The SMILES string of the molecule is CC(C)[Si]1(C(C)C)O[C@H]2C[C@H](O[C@H]3CCCC[C@@H]3c3ccccc3)ON3O[C@H]([C@H](O)CO[Si](C)(C)C(C)(C)C)[C@@H]1[C@@H]23. The molecule has 4 aliphatic rings. The lowest BCUT2D eigenvalue weighted by Gasteiger charge is -2.43. The monoisotopic (exact) mass is 605 g/mol. The van der Waals surface area contributed by atoms with Crippen LogP contribution in [-0.2, 0) is 23.3 Å². The Labute approximate surface area is 250 Å². The van der Waals surface area contributed by atoms with Gasteiger partial charge in [0.05, 0.1) is 24.9 Å². The van der Waals surface area contributed by atoms with Gasteiger partial charge in [0.1, 0.15) is 12.2 Å². The normalized spacial score (nSPS) is 34.8. The Morgan fingerprint density at radius 2 is 1.68 bits per heavy atom. The van der Waals surface area contributed by atoms with Crippen molar-refractivity contribution in [1.82, 2.24) is 5.23 Å². The number of hydroxylamine groups is 2. The third-order valence-electron chi connectivity index (χ3n) is 11.0. The van der Waals surface area contributed by atoms with Crippen molar-refractivity contribution in [3.63, 3.8) is 0 Å². The molecule has 4 fully saturated rings. The van der Waals surface area contributed by atoms with Gasteiger partial charge in [-0.05, 0) is 47.6 Å². The van der Waals surface area contributed by atoms with E-state index >= 15 is 0 Å².